The number of aromatic carboxylic acids is 1. The Hall–Kier alpha value is -3.53. The van der Waals surface area contributed by atoms with Crippen molar-refractivity contribution in [2.45, 2.75) is 20.1 Å². The fourth-order valence-corrected chi connectivity index (χ4v) is 4.39. The highest BCUT2D eigenvalue weighted by Crippen LogP contribution is 2.26. The highest BCUT2D eigenvalue weighted by Gasteiger charge is 2.23. The fraction of sp³-hybridized carbons (Fsp3) is 0.292. The molecule has 0 amide bonds. The number of thiocarbonyl (C=S) groups is 1. The van der Waals surface area contributed by atoms with E-state index in [-0.39, 0.29) is 10.9 Å². The minimum atomic E-state index is -1.34. The quantitative estimate of drug-likeness (QED) is 0.531. The van der Waals surface area contributed by atoms with Crippen LogP contribution in [0.1, 0.15) is 22.8 Å². The van der Waals surface area contributed by atoms with Crippen LogP contribution in [0.5, 0.6) is 0 Å². The van der Waals surface area contributed by atoms with Gasteiger partial charge in [0, 0.05) is 50.0 Å². The first-order valence-electron chi connectivity index (χ1n) is 10.9. The van der Waals surface area contributed by atoms with Crippen molar-refractivity contribution >= 4 is 45.6 Å². The second-order valence-electron chi connectivity index (χ2n) is 8.02. The first kappa shape index (κ1) is 23.6. The first-order valence-corrected chi connectivity index (χ1v) is 11.3. The number of piperazine rings is 1. The van der Waals surface area contributed by atoms with Crippen LogP contribution in [-0.4, -0.2) is 51.8 Å². The molecule has 34 heavy (non-hydrogen) atoms. The molecule has 1 saturated heterocycles. The summed E-state index contributed by atoms with van der Waals surface area (Å²) in [4.78, 5) is 27.8. The number of anilines is 2. The van der Waals surface area contributed by atoms with Crippen LogP contribution in [-0.2, 0) is 13.2 Å². The van der Waals surface area contributed by atoms with Crippen molar-refractivity contribution in [1.29, 1.82) is 0 Å². The van der Waals surface area contributed by atoms with Crippen molar-refractivity contribution in [3.63, 3.8) is 0 Å². The van der Waals surface area contributed by atoms with Crippen molar-refractivity contribution in [3.05, 3.63) is 69.8 Å². The van der Waals surface area contributed by atoms with Gasteiger partial charge in [0.05, 0.1) is 11.2 Å². The van der Waals surface area contributed by atoms with Crippen LogP contribution < -0.4 is 15.6 Å². The van der Waals surface area contributed by atoms with Crippen LogP contribution in [0.15, 0.2) is 47.4 Å². The van der Waals surface area contributed by atoms with Crippen molar-refractivity contribution in [1.82, 2.24) is 9.47 Å². The minimum Gasteiger partial charge on any atom is -0.477 e. The smallest absolute Gasteiger partial charge is 0.341 e. The molecule has 0 aliphatic carbocycles. The molecule has 0 radical (unpaired) electrons. The average Bonchev–Trinajstić information content (AvgIpc) is 2.84. The molecule has 7 nitrogen and oxygen atoms in total. The van der Waals surface area contributed by atoms with E-state index in [2.05, 4.69) is 5.32 Å². The summed E-state index contributed by atoms with van der Waals surface area (Å²) >= 11 is 5.50. The fourth-order valence-electron chi connectivity index (χ4n) is 4.09. The Labute approximate surface area is 200 Å². The molecule has 0 spiro atoms. The minimum absolute atomic E-state index is 0.0470. The van der Waals surface area contributed by atoms with Crippen LogP contribution in [0.2, 0.25) is 0 Å². The van der Waals surface area contributed by atoms with Gasteiger partial charge in [-0.2, -0.15) is 0 Å². The van der Waals surface area contributed by atoms with E-state index in [0.717, 1.165) is 11.8 Å². The number of aryl methyl sites for hydroxylation is 1. The molecular weight excluding hydrogens is 462 g/mol. The van der Waals surface area contributed by atoms with Crippen LogP contribution in [0.3, 0.4) is 0 Å². The zero-order chi connectivity index (χ0) is 24.4. The van der Waals surface area contributed by atoms with E-state index in [0.29, 0.717) is 54.6 Å². The average molecular weight is 487 g/mol. The van der Waals surface area contributed by atoms with Crippen molar-refractivity contribution in [2.75, 3.05) is 36.4 Å². The number of carbonyl (C=O) groups is 1. The predicted octanol–water partition coefficient (Wildman–Crippen LogP) is 3.85. The second-order valence-corrected chi connectivity index (χ2v) is 8.41. The zero-order valence-corrected chi connectivity index (χ0v) is 19.4. The highest BCUT2D eigenvalue weighted by molar-refractivity contribution is 7.80. The number of hydrogen-bond acceptors (Lipinski definition) is 4. The molecule has 1 fully saturated rings. The van der Waals surface area contributed by atoms with Gasteiger partial charge in [-0.25, -0.2) is 13.6 Å². The maximum absolute atomic E-state index is 15.0. The number of halogens is 2. The molecule has 0 unspecified atom stereocenters. The Morgan fingerprint density at radius 2 is 1.82 bits per heavy atom. The standard InChI is InChI=1S/C24H24F2N4O3S/c1-2-28-14-18(23(32)33)22(31)17-11-19(26)21(12-20(17)28)29-7-9-30(10-8-29)24(34)27-16-5-3-15(13-25)4-6-16/h3-6,11-12,14H,2,7-10,13H2,1H3,(H,27,34)(H,32,33). The molecule has 178 valence electrons. The number of aromatic nitrogens is 1. The summed E-state index contributed by atoms with van der Waals surface area (Å²) < 4.78 is 29.4. The Balaban J connectivity index is 1.52. The summed E-state index contributed by atoms with van der Waals surface area (Å²) in [6.07, 6.45) is 1.30. The van der Waals surface area contributed by atoms with Gasteiger partial charge in [0.25, 0.3) is 0 Å². The van der Waals surface area contributed by atoms with E-state index in [9.17, 15) is 19.1 Å². The van der Waals surface area contributed by atoms with Gasteiger partial charge in [0.15, 0.2) is 5.11 Å². The second kappa shape index (κ2) is 9.76. The topological polar surface area (TPSA) is 77.8 Å². The molecule has 2 heterocycles. The largest absolute Gasteiger partial charge is 0.477 e. The van der Waals surface area contributed by atoms with Gasteiger partial charge in [-0.05, 0) is 49.0 Å². The maximum Gasteiger partial charge on any atom is 0.341 e. The summed E-state index contributed by atoms with van der Waals surface area (Å²) in [5, 5.41) is 13.0. The molecule has 1 aliphatic heterocycles. The van der Waals surface area contributed by atoms with E-state index in [1.165, 1.54) is 6.20 Å². The molecule has 2 aromatic carbocycles. The third-order valence-electron chi connectivity index (χ3n) is 5.99. The first-order chi connectivity index (χ1) is 16.3. The Morgan fingerprint density at radius 1 is 1.15 bits per heavy atom. The summed E-state index contributed by atoms with van der Waals surface area (Å²) in [6, 6.07) is 9.67. The Kier molecular flexibility index (Phi) is 6.78. The molecule has 10 heteroatoms. The van der Waals surface area contributed by atoms with Gasteiger partial charge in [-0.3, -0.25) is 4.79 Å². The number of fused-ring (bicyclic) bond motifs is 1. The number of pyridine rings is 1. The molecule has 1 aromatic heterocycles. The third kappa shape index (κ3) is 4.58. The zero-order valence-electron chi connectivity index (χ0n) is 18.6. The molecule has 1 aliphatic rings. The van der Waals surface area contributed by atoms with Gasteiger partial charge in [0.2, 0.25) is 5.43 Å². The van der Waals surface area contributed by atoms with Gasteiger partial charge >= 0.3 is 5.97 Å². The van der Waals surface area contributed by atoms with E-state index in [1.807, 2.05) is 16.7 Å². The van der Waals surface area contributed by atoms with Gasteiger partial charge in [-0.15, -0.1) is 0 Å². The number of hydrogen-bond donors (Lipinski definition) is 2. The van der Waals surface area contributed by atoms with E-state index >= 15 is 4.39 Å². The molecular formula is C24H24F2N4O3S. The van der Waals surface area contributed by atoms with E-state index in [1.54, 1.807) is 34.9 Å². The maximum atomic E-state index is 15.0. The number of nitrogens with one attached hydrogen (secondary N) is 1. The normalized spacial score (nSPS) is 13.9. The van der Waals surface area contributed by atoms with Crippen LogP contribution in [0.4, 0.5) is 20.2 Å². The van der Waals surface area contributed by atoms with Crippen LogP contribution >= 0.6 is 12.2 Å². The highest BCUT2D eigenvalue weighted by atomic mass is 32.1. The molecule has 0 saturated carbocycles. The van der Waals surface area contributed by atoms with Gasteiger partial charge < -0.3 is 24.8 Å². The van der Waals surface area contributed by atoms with E-state index < -0.39 is 23.9 Å². The molecule has 0 bridgehead atoms. The number of carboxylic acid groups (broad SMARTS) is 1. The van der Waals surface area contributed by atoms with E-state index in [4.69, 9.17) is 12.2 Å². The van der Waals surface area contributed by atoms with Gasteiger partial charge in [-0.1, -0.05) is 12.1 Å². The van der Waals surface area contributed by atoms with Gasteiger partial charge in [0.1, 0.15) is 18.1 Å². The summed E-state index contributed by atoms with van der Waals surface area (Å²) in [6.45, 7) is 3.88. The van der Waals surface area contributed by atoms with Crippen molar-refractivity contribution < 1.29 is 18.7 Å². The van der Waals surface area contributed by atoms with Crippen LogP contribution in [0, 0.1) is 5.82 Å². The lowest BCUT2D eigenvalue weighted by molar-refractivity contribution is 0.0695. The third-order valence-corrected chi connectivity index (χ3v) is 6.35. The molecule has 3 aromatic rings. The molecule has 0 atom stereocenters. The monoisotopic (exact) mass is 486 g/mol. The number of nitrogens with zero attached hydrogens (tertiary/aromatic N) is 3. The van der Waals surface area contributed by atoms with Crippen molar-refractivity contribution in [2.24, 2.45) is 0 Å². The lowest BCUT2D eigenvalue weighted by Gasteiger charge is -2.37. The summed E-state index contributed by atoms with van der Waals surface area (Å²) in [5.74, 6) is -1.91. The number of carboxylic acids is 1. The van der Waals surface area contributed by atoms with Crippen LogP contribution in [0.25, 0.3) is 10.9 Å². The summed E-state index contributed by atoms with van der Waals surface area (Å²) in [7, 11) is 0. The predicted molar refractivity (Wildman–Crippen MR) is 132 cm³/mol. The number of alkyl halides is 1. The number of rotatable bonds is 5. The molecule has 4 rings (SSSR count). The lowest BCUT2D eigenvalue weighted by Crippen LogP contribution is -2.50. The summed E-state index contributed by atoms with van der Waals surface area (Å²) in [5.41, 5.74) is 1.13. The molecule has 2 N–H and O–H groups in total. The Morgan fingerprint density at radius 3 is 2.41 bits per heavy atom. The van der Waals surface area contributed by atoms with Crippen molar-refractivity contribution in [3.8, 4) is 0 Å². The lowest BCUT2D eigenvalue weighted by atomic mass is 10.1. The SMILES string of the molecule is CCn1cc(C(=O)O)c(=O)c2cc(F)c(N3CCN(C(=S)Nc4ccc(CF)cc4)CC3)cc21. The number of benzene rings is 2. The Bertz CT molecular complexity index is 1300.